The molecule has 0 spiro atoms. The first-order valence-corrected chi connectivity index (χ1v) is 11.4. The van der Waals surface area contributed by atoms with Crippen molar-refractivity contribution in [1.29, 1.82) is 0 Å². The predicted octanol–water partition coefficient (Wildman–Crippen LogP) is 4.11. The van der Waals surface area contributed by atoms with Crippen molar-refractivity contribution < 1.29 is 9.59 Å². The van der Waals surface area contributed by atoms with Gasteiger partial charge in [0.15, 0.2) is 0 Å². The molecule has 2 heterocycles. The van der Waals surface area contributed by atoms with Crippen LogP contribution in [0.1, 0.15) is 29.7 Å². The molecule has 1 aromatic heterocycles. The van der Waals surface area contributed by atoms with E-state index in [-0.39, 0.29) is 11.9 Å². The minimum absolute atomic E-state index is 0.128. The molecule has 1 aliphatic rings. The number of benzene rings is 2. The van der Waals surface area contributed by atoms with E-state index in [1.165, 1.54) is 5.56 Å². The van der Waals surface area contributed by atoms with Gasteiger partial charge in [0.1, 0.15) is 11.0 Å². The fourth-order valence-electron chi connectivity index (χ4n) is 3.66. The third-order valence-electron chi connectivity index (χ3n) is 5.40. The Morgan fingerprint density at radius 3 is 2.61 bits per heavy atom. The van der Waals surface area contributed by atoms with Crippen molar-refractivity contribution in [3.8, 4) is 10.6 Å². The van der Waals surface area contributed by atoms with Gasteiger partial charge in [0.25, 0.3) is 0 Å². The van der Waals surface area contributed by atoms with Crippen LogP contribution in [0.2, 0.25) is 0 Å². The number of thiazole rings is 1. The lowest BCUT2D eigenvalue weighted by Crippen LogP contribution is -2.49. The summed E-state index contributed by atoms with van der Waals surface area (Å²) in [5, 5.41) is 8.79. The number of nitrogens with zero attached hydrogens (tertiary/aromatic N) is 2. The highest BCUT2D eigenvalue weighted by atomic mass is 32.1. The molecule has 0 radical (unpaired) electrons. The molecule has 0 aliphatic carbocycles. The van der Waals surface area contributed by atoms with Crippen molar-refractivity contribution in [2.24, 2.45) is 0 Å². The first kappa shape index (κ1) is 21.1. The van der Waals surface area contributed by atoms with E-state index in [1.54, 1.807) is 16.2 Å². The number of aromatic nitrogens is 1. The molecule has 3 amide bonds. The molecule has 4 rings (SSSR count). The number of aryl methyl sites for hydroxylation is 1. The first-order chi connectivity index (χ1) is 15.1. The number of hydrogen-bond donors (Lipinski definition) is 2. The molecule has 6 nitrogen and oxygen atoms in total. The maximum atomic E-state index is 12.8. The Hall–Kier alpha value is -3.19. The average Bonchev–Trinajstić information content (AvgIpc) is 3.47. The number of hydrogen-bond acceptors (Lipinski definition) is 4. The van der Waals surface area contributed by atoms with Crippen molar-refractivity contribution in [1.82, 2.24) is 20.5 Å². The zero-order chi connectivity index (χ0) is 21.6. The number of carbonyl (C=O) groups excluding carboxylic acids is 2. The van der Waals surface area contributed by atoms with Crippen LogP contribution in [0, 0.1) is 6.92 Å². The van der Waals surface area contributed by atoms with Crippen LogP contribution in [0.15, 0.2) is 60.0 Å². The molecule has 2 aromatic carbocycles. The molecule has 3 aromatic rings. The van der Waals surface area contributed by atoms with Crippen LogP contribution in [0.25, 0.3) is 10.6 Å². The predicted molar refractivity (Wildman–Crippen MR) is 123 cm³/mol. The SMILES string of the molecule is Cc1ccc(CNC(=O)N2CCC[C@@H]2C(=O)NCc2csc(-c3ccccc3)n2)cc1. The number of amides is 3. The molecule has 7 heteroatoms. The third-order valence-corrected chi connectivity index (χ3v) is 6.34. The van der Waals surface area contributed by atoms with Crippen LogP contribution in [-0.2, 0) is 17.9 Å². The molecule has 1 fully saturated rings. The van der Waals surface area contributed by atoms with Gasteiger partial charge >= 0.3 is 6.03 Å². The Kier molecular flexibility index (Phi) is 6.62. The zero-order valence-electron chi connectivity index (χ0n) is 17.5. The van der Waals surface area contributed by atoms with Crippen molar-refractivity contribution in [3.63, 3.8) is 0 Å². The van der Waals surface area contributed by atoms with Gasteiger partial charge in [0.05, 0.1) is 12.2 Å². The molecule has 31 heavy (non-hydrogen) atoms. The maximum Gasteiger partial charge on any atom is 0.318 e. The van der Waals surface area contributed by atoms with Gasteiger partial charge in [-0.1, -0.05) is 60.2 Å². The molecule has 2 N–H and O–H groups in total. The van der Waals surface area contributed by atoms with Gasteiger partial charge in [-0.15, -0.1) is 11.3 Å². The van der Waals surface area contributed by atoms with Gasteiger partial charge in [-0.05, 0) is 25.3 Å². The van der Waals surface area contributed by atoms with Crippen LogP contribution < -0.4 is 10.6 Å². The largest absolute Gasteiger partial charge is 0.349 e. The van der Waals surface area contributed by atoms with E-state index in [2.05, 4.69) is 15.6 Å². The van der Waals surface area contributed by atoms with Crippen LogP contribution >= 0.6 is 11.3 Å². The zero-order valence-corrected chi connectivity index (χ0v) is 18.3. The summed E-state index contributed by atoms with van der Waals surface area (Å²) in [6, 6.07) is 17.4. The van der Waals surface area contributed by atoms with Gasteiger partial charge in [-0.3, -0.25) is 4.79 Å². The Balaban J connectivity index is 1.30. The summed E-state index contributed by atoms with van der Waals surface area (Å²) in [7, 11) is 0. The summed E-state index contributed by atoms with van der Waals surface area (Å²) >= 11 is 1.56. The highest BCUT2D eigenvalue weighted by Gasteiger charge is 2.33. The van der Waals surface area contributed by atoms with Crippen molar-refractivity contribution in [3.05, 3.63) is 76.8 Å². The normalized spacial score (nSPS) is 15.6. The smallest absolute Gasteiger partial charge is 0.318 e. The topological polar surface area (TPSA) is 74.3 Å². The lowest BCUT2D eigenvalue weighted by molar-refractivity contribution is -0.124. The maximum absolute atomic E-state index is 12.8. The van der Waals surface area contributed by atoms with Crippen LogP contribution in [0.3, 0.4) is 0 Å². The Labute approximate surface area is 186 Å². The summed E-state index contributed by atoms with van der Waals surface area (Å²) in [6.07, 6.45) is 1.50. The van der Waals surface area contributed by atoms with E-state index in [9.17, 15) is 9.59 Å². The van der Waals surface area contributed by atoms with Gasteiger partial charge in [-0.2, -0.15) is 0 Å². The molecule has 160 valence electrons. The Bertz CT molecular complexity index is 1030. The van der Waals surface area contributed by atoms with Crippen molar-refractivity contribution in [2.45, 2.75) is 38.9 Å². The summed E-state index contributed by atoms with van der Waals surface area (Å²) in [6.45, 7) is 3.43. The first-order valence-electron chi connectivity index (χ1n) is 10.5. The van der Waals surface area contributed by atoms with Crippen LogP contribution in [0.4, 0.5) is 4.79 Å². The van der Waals surface area contributed by atoms with E-state index in [0.29, 0.717) is 26.1 Å². The second-order valence-electron chi connectivity index (χ2n) is 7.72. The second-order valence-corrected chi connectivity index (χ2v) is 8.58. The average molecular weight is 435 g/mol. The molecule has 1 atom stereocenters. The Morgan fingerprint density at radius 1 is 1.06 bits per heavy atom. The highest BCUT2D eigenvalue weighted by Crippen LogP contribution is 2.23. The van der Waals surface area contributed by atoms with Gasteiger partial charge in [0, 0.05) is 24.0 Å². The molecular formula is C24H26N4O2S. The van der Waals surface area contributed by atoms with E-state index in [4.69, 9.17) is 0 Å². The summed E-state index contributed by atoms with van der Waals surface area (Å²) < 4.78 is 0. The van der Waals surface area contributed by atoms with Crippen LogP contribution in [-0.4, -0.2) is 34.4 Å². The molecule has 0 unspecified atom stereocenters. The number of likely N-dealkylation sites (tertiary alicyclic amines) is 1. The fourth-order valence-corrected chi connectivity index (χ4v) is 4.49. The highest BCUT2D eigenvalue weighted by molar-refractivity contribution is 7.13. The minimum atomic E-state index is -0.440. The standard InChI is InChI=1S/C24H26N4O2S/c1-17-9-11-18(12-10-17)14-26-24(30)28-13-5-8-21(28)22(29)25-15-20-16-31-23(27-20)19-6-3-2-4-7-19/h2-4,6-7,9-12,16,21H,5,8,13-15H2,1H3,(H,25,29)(H,26,30)/t21-/m1/s1. The second kappa shape index (κ2) is 9.75. The van der Waals surface area contributed by atoms with Crippen molar-refractivity contribution in [2.75, 3.05) is 6.54 Å². The number of urea groups is 1. The fraction of sp³-hybridized carbons (Fsp3) is 0.292. The number of nitrogens with one attached hydrogen (secondary N) is 2. The lowest BCUT2D eigenvalue weighted by Gasteiger charge is -2.24. The molecule has 1 saturated heterocycles. The van der Waals surface area contributed by atoms with E-state index >= 15 is 0 Å². The quantitative estimate of drug-likeness (QED) is 0.613. The summed E-state index contributed by atoms with van der Waals surface area (Å²) in [4.78, 5) is 31.7. The molecule has 0 bridgehead atoms. The van der Waals surface area contributed by atoms with E-state index in [1.807, 2.05) is 66.9 Å². The number of carbonyl (C=O) groups is 2. The summed E-state index contributed by atoms with van der Waals surface area (Å²) in [5.41, 5.74) is 4.11. The molecule has 1 aliphatic heterocycles. The van der Waals surface area contributed by atoms with Crippen molar-refractivity contribution >= 4 is 23.3 Å². The third kappa shape index (κ3) is 5.30. The van der Waals surface area contributed by atoms with E-state index < -0.39 is 6.04 Å². The molecule has 0 saturated carbocycles. The van der Waals surface area contributed by atoms with Gasteiger partial charge in [0.2, 0.25) is 5.91 Å². The summed E-state index contributed by atoms with van der Waals surface area (Å²) in [5.74, 6) is -0.128. The van der Waals surface area contributed by atoms with E-state index in [0.717, 1.165) is 28.2 Å². The lowest BCUT2D eigenvalue weighted by atomic mass is 10.1. The minimum Gasteiger partial charge on any atom is -0.349 e. The molecular weight excluding hydrogens is 408 g/mol. The van der Waals surface area contributed by atoms with Crippen LogP contribution in [0.5, 0.6) is 0 Å². The number of rotatable bonds is 6. The monoisotopic (exact) mass is 434 g/mol. The van der Waals surface area contributed by atoms with Gasteiger partial charge in [-0.25, -0.2) is 9.78 Å². The Morgan fingerprint density at radius 2 is 1.84 bits per heavy atom. The van der Waals surface area contributed by atoms with Gasteiger partial charge < -0.3 is 15.5 Å².